The Morgan fingerprint density at radius 2 is 1.95 bits per heavy atom. The summed E-state index contributed by atoms with van der Waals surface area (Å²) in [5.41, 5.74) is 7.78. The molecule has 0 aromatic carbocycles. The fourth-order valence-corrected chi connectivity index (χ4v) is 2.05. The van der Waals surface area contributed by atoms with Gasteiger partial charge in [-0.25, -0.2) is 9.97 Å². The van der Waals surface area contributed by atoms with Crippen LogP contribution in [0.15, 0.2) is 41.5 Å². The predicted octanol–water partition coefficient (Wildman–Crippen LogP) is 2.10. The van der Waals surface area contributed by atoms with E-state index in [0.29, 0.717) is 16.6 Å². The highest BCUT2D eigenvalue weighted by Crippen LogP contribution is 2.13. The molecule has 1 aromatic rings. The molecule has 0 saturated carbocycles. The Hall–Kier alpha value is -1.79. The first-order valence-electron chi connectivity index (χ1n) is 5.69. The summed E-state index contributed by atoms with van der Waals surface area (Å²) < 4.78 is 14.8. The highest BCUT2D eigenvalue weighted by molar-refractivity contribution is 7.96. The molecular formula is C13H18N4OS. The van der Waals surface area contributed by atoms with Crippen molar-refractivity contribution in [2.24, 2.45) is 5.73 Å². The zero-order chi connectivity index (χ0) is 14.4. The van der Waals surface area contributed by atoms with Crippen LogP contribution in [0.1, 0.15) is 18.3 Å². The van der Waals surface area contributed by atoms with Gasteiger partial charge in [0.1, 0.15) is 11.4 Å². The van der Waals surface area contributed by atoms with E-state index >= 15 is 0 Å². The van der Waals surface area contributed by atoms with Gasteiger partial charge in [-0.05, 0) is 45.1 Å². The lowest BCUT2D eigenvalue weighted by molar-refractivity contribution is 0.606. The lowest BCUT2D eigenvalue weighted by Crippen LogP contribution is -2.16. The highest BCUT2D eigenvalue weighted by Gasteiger charge is 2.13. The van der Waals surface area contributed by atoms with Gasteiger partial charge in [0, 0.05) is 17.1 Å². The van der Waals surface area contributed by atoms with Crippen LogP contribution in [0.2, 0.25) is 0 Å². The zero-order valence-electron chi connectivity index (χ0n) is 11.3. The number of hydrogen-bond donors (Lipinski definition) is 2. The van der Waals surface area contributed by atoms with Crippen molar-refractivity contribution in [3.05, 3.63) is 52.9 Å². The molecule has 0 radical (unpaired) electrons. The van der Waals surface area contributed by atoms with Gasteiger partial charge in [0.2, 0.25) is 0 Å². The highest BCUT2D eigenvalue weighted by atomic mass is 32.2. The number of nitrogens with zero attached hydrogens (tertiary/aromatic N) is 2. The van der Waals surface area contributed by atoms with E-state index in [1.54, 1.807) is 19.1 Å². The number of anilines is 1. The number of aromatic nitrogens is 2. The van der Waals surface area contributed by atoms with Crippen molar-refractivity contribution in [2.75, 3.05) is 4.72 Å². The molecule has 0 aliphatic carbocycles. The van der Waals surface area contributed by atoms with E-state index in [4.69, 9.17) is 5.73 Å². The van der Waals surface area contributed by atoms with Crippen LogP contribution in [0.4, 0.5) is 5.95 Å². The largest absolute Gasteiger partial charge is 0.588 e. The van der Waals surface area contributed by atoms with Crippen LogP contribution >= 0.6 is 0 Å². The molecule has 0 aliphatic heterocycles. The Morgan fingerprint density at radius 1 is 1.37 bits per heavy atom. The van der Waals surface area contributed by atoms with Crippen molar-refractivity contribution in [2.45, 2.75) is 20.8 Å². The van der Waals surface area contributed by atoms with Crippen LogP contribution in [0.5, 0.6) is 0 Å². The second-order valence-corrected chi connectivity index (χ2v) is 5.24. The smallest absolute Gasteiger partial charge is 0.265 e. The summed E-state index contributed by atoms with van der Waals surface area (Å²) in [5.74, 6) is 0.331. The van der Waals surface area contributed by atoms with Gasteiger partial charge >= 0.3 is 0 Å². The molecule has 19 heavy (non-hydrogen) atoms. The van der Waals surface area contributed by atoms with Crippen LogP contribution in [0.25, 0.3) is 0 Å². The van der Waals surface area contributed by atoms with E-state index in [1.807, 2.05) is 19.9 Å². The lowest BCUT2D eigenvalue weighted by atomic mass is 10.4. The van der Waals surface area contributed by atoms with Crippen molar-refractivity contribution in [3.63, 3.8) is 0 Å². The lowest BCUT2D eigenvalue weighted by Gasteiger charge is -2.11. The van der Waals surface area contributed by atoms with Gasteiger partial charge < -0.3 is 10.3 Å². The summed E-state index contributed by atoms with van der Waals surface area (Å²) >= 11 is -1.47. The Morgan fingerprint density at radius 3 is 2.42 bits per heavy atom. The number of allylic oxidation sites excluding steroid dienone is 4. The van der Waals surface area contributed by atoms with Gasteiger partial charge in [-0.2, -0.15) is 4.72 Å². The zero-order valence-corrected chi connectivity index (χ0v) is 12.1. The third-order valence-electron chi connectivity index (χ3n) is 2.09. The van der Waals surface area contributed by atoms with Crippen molar-refractivity contribution in [1.29, 1.82) is 0 Å². The van der Waals surface area contributed by atoms with E-state index in [-0.39, 0.29) is 0 Å². The summed E-state index contributed by atoms with van der Waals surface area (Å²) in [6.07, 6.45) is 4.82. The molecule has 3 N–H and O–H groups in total. The Bertz CT molecular complexity index is 501. The van der Waals surface area contributed by atoms with Gasteiger partial charge in [0.05, 0.1) is 0 Å². The van der Waals surface area contributed by atoms with Crippen LogP contribution < -0.4 is 10.5 Å². The van der Waals surface area contributed by atoms with Gasteiger partial charge in [-0.1, -0.05) is 6.58 Å². The van der Waals surface area contributed by atoms with Crippen molar-refractivity contribution in [3.8, 4) is 0 Å². The minimum Gasteiger partial charge on any atom is -0.588 e. The van der Waals surface area contributed by atoms with E-state index in [1.165, 1.54) is 6.08 Å². The van der Waals surface area contributed by atoms with Gasteiger partial charge in [0.15, 0.2) is 4.91 Å². The maximum absolute atomic E-state index is 12.1. The van der Waals surface area contributed by atoms with Crippen molar-refractivity contribution >= 4 is 17.3 Å². The summed E-state index contributed by atoms with van der Waals surface area (Å²) in [5, 5.41) is 0. The molecule has 0 amide bonds. The first-order valence-corrected chi connectivity index (χ1v) is 6.84. The summed E-state index contributed by atoms with van der Waals surface area (Å²) in [4.78, 5) is 8.85. The van der Waals surface area contributed by atoms with E-state index in [0.717, 1.165) is 11.4 Å². The van der Waals surface area contributed by atoms with Crippen molar-refractivity contribution < 1.29 is 4.55 Å². The molecular weight excluding hydrogens is 260 g/mol. The van der Waals surface area contributed by atoms with Gasteiger partial charge in [0.25, 0.3) is 5.95 Å². The molecule has 5 nitrogen and oxygen atoms in total. The molecule has 0 saturated heterocycles. The molecule has 1 heterocycles. The average molecular weight is 278 g/mol. The standard InChI is InChI=1S/C13H18N4OS/c1-5-12(7-6-9(2)14)19(18)17-13-15-10(3)8-11(4)16-13/h5-8H,1,14H2,2-4H3,(H,15,16,17)/b9-6+,12-7+. The number of hydrogen-bond acceptors (Lipinski definition) is 5. The second-order valence-electron chi connectivity index (χ2n) is 4.03. The Kier molecular flexibility index (Phi) is 5.59. The first-order chi connectivity index (χ1) is 8.92. The molecule has 1 atom stereocenters. The third kappa shape index (κ3) is 5.15. The molecule has 102 valence electrons. The maximum Gasteiger partial charge on any atom is 0.265 e. The Labute approximate surface area is 116 Å². The molecule has 0 spiro atoms. The SMILES string of the molecule is C=C/C(=C\C=C(/C)N)[S+]([O-])Nc1nc(C)cc(C)n1. The molecule has 0 aliphatic rings. The van der Waals surface area contributed by atoms with E-state index in [9.17, 15) is 4.55 Å². The summed E-state index contributed by atoms with van der Waals surface area (Å²) in [6, 6.07) is 1.85. The minimum absolute atomic E-state index is 0.331. The van der Waals surface area contributed by atoms with Crippen molar-refractivity contribution in [1.82, 2.24) is 9.97 Å². The van der Waals surface area contributed by atoms with Gasteiger partial charge in [-0.15, -0.1) is 0 Å². The Balaban J connectivity index is 2.88. The molecule has 6 heteroatoms. The third-order valence-corrected chi connectivity index (χ3v) is 3.19. The molecule has 1 aromatic heterocycles. The molecule has 1 unspecified atom stereocenters. The van der Waals surface area contributed by atoms with Crippen LogP contribution in [-0.2, 0) is 11.4 Å². The van der Waals surface area contributed by atoms with E-state index in [2.05, 4.69) is 21.3 Å². The van der Waals surface area contributed by atoms with Gasteiger partial charge in [-0.3, -0.25) is 0 Å². The number of nitrogens with one attached hydrogen (secondary N) is 1. The minimum atomic E-state index is -1.47. The predicted molar refractivity (Wildman–Crippen MR) is 79.5 cm³/mol. The number of aryl methyl sites for hydroxylation is 2. The first kappa shape index (κ1) is 15.3. The van der Waals surface area contributed by atoms with Crippen LogP contribution in [-0.4, -0.2) is 14.5 Å². The molecule has 0 fully saturated rings. The molecule has 1 rings (SSSR count). The van der Waals surface area contributed by atoms with E-state index < -0.39 is 11.4 Å². The van der Waals surface area contributed by atoms with Crippen LogP contribution in [0.3, 0.4) is 0 Å². The summed E-state index contributed by atoms with van der Waals surface area (Å²) in [6.45, 7) is 9.08. The fourth-order valence-electron chi connectivity index (χ4n) is 1.33. The van der Waals surface area contributed by atoms with Crippen LogP contribution in [0, 0.1) is 13.8 Å². The quantitative estimate of drug-likeness (QED) is 0.636. The molecule has 0 bridgehead atoms. The second kappa shape index (κ2) is 6.96. The maximum atomic E-state index is 12.1. The average Bonchev–Trinajstić information content (AvgIpc) is 2.27. The monoisotopic (exact) mass is 278 g/mol. The topological polar surface area (TPSA) is 86.9 Å². The number of nitrogens with two attached hydrogens (primary N) is 1. The number of rotatable bonds is 5. The fraction of sp³-hybridized carbons (Fsp3) is 0.231. The normalized spacial score (nSPS) is 14.1. The summed E-state index contributed by atoms with van der Waals surface area (Å²) in [7, 11) is 0.